The Bertz CT molecular complexity index is 1070. The van der Waals surface area contributed by atoms with Crippen LogP contribution in [0.2, 0.25) is 0 Å². The van der Waals surface area contributed by atoms with Gasteiger partial charge in [0.05, 0.1) is 12.2 Å². The Balaban J connectivity index is 1.99. The van der Waals surface area contributed by atoms with E-state index in [0.29, 0.717) is 30.6 Å². The molecule has 3 fully saturated rings. The highest BCUT2D eigenvalue weighted by Crippen LogP contribution is 2.65. The minimum atomic E-state index is -1.43. The maximum absolute atomic E-state index is 12.5. The monoisotopic (exact) mass is 536 g/mol. The second-order valence-electron chi connectivity index (χ2n) is 12.3. The topological polar surface area (TPSA) is 138 Å². The molecule has 0 aromatic heterocycles. The molecule has 0 unspecified atom stereocenters. The fraction of sp³-hybridized carbons (Fsp3) is 0.786. The SMILES string of the molecule is CC(=O)O[C@H]1C[C@@]2(O)C[C@H]3[C@@](C)(CC[C@H](OC(C)=O)[C@@]34CO4)[C@@H](OC(C)=O)[C@H](OC(C)=O)C(=C1C)C2(C)C. The first-order chi connectivity index (χ1) is 17.5. The molecule has 10 heteroatoms. The molecular formula is C28H40O10. The largest absolute Gasteiger partial charge is 0.459 e. The lowest BCUT2D eigenvalue weighted by atomic mass is 9.47. The minimum absolute atomic E-state index is 0.126. The van der Waals surface area contributed by atoms with E-state index in [9.17, 15) is 24.3 Å². The third-order valence-electron chi connectivity index (χ3n) is 9.57. The Morgan fingerprint density at radius 2 is 1.42 bits per heavy atom. The van der Waals surface area contributed by atoms with Crippen molar-refractivity contribution in [2.45, 2.75) is 117 Å². The Labute approximate surface area is 223 Å². The maximum atomic E-state index is 12.5. The zero-order valence-corrected chi connectivity index (χ0v) is 23.5. The molecule has 1 saturated heterocycles. The van der Waals surface area contributed by atoms with E-state index in [1.54, 1.807) is 6.92 Å². The summed E-state index contributed by atoms with van der Waals surface area (Å²) in [6.07, 6.45) is -2.06. The number of epoxide rings is 1. The third-order valence-corrected chi connectivity index (χ3v) is 9.57. The summed E-state index contributed by atoms with van der Waals surface area (Å²) < 4.78 is 29.4. The quantitative estimate of drug-likeness (QED) is 0.247. The molecule has 4 aliphatic rings. The maximum Gasteiger partial charge on any atom is 0.303 e. The summed E-state index contributed by atoms with van der Waals surface area (Å²) in [5.41, 5.74) is -2.88. The number of ether oxygens (including phenoxy) is 5. The zero-order valence-electron chi connectivity index (χ0n) is 23.5. The molecule has 4 rings (SSSR count). The summed E-state index contributed by atoms with van der Waals surface area (Å²) in [4.78, 5) is 49.1. The molecule has 2 bridgehead atoms. The van der Waals surface area contributed by atoms with Gasteiger partial charge in [0.25, 0.3) is 0 Å². The van der Waals surface area contributed by atoms with Crippen molar-refractivity contribution in [2.24, 2.45) is 16.7 Å². The van der Waals surface area contributed by atoms with Crippen LogP contribution in [-0.2, 0) is 42.9 Å². The second kappa shape index (κ2) is 9.33. The van der Waals surface area contributed by atoms with E-state index in [2.05, 4.69) is 0 Å². The highest BCUT2D eigenvalue weighted by molar-refractivity contribution is 5.69. The zero-order chi connectivity index (χ0) is 28.4. The van der Waals surface area contributed by atoms with Gasteiger partial charge >= 0.3 is 23.9 Å². The van der Waals surface area contributed by atoms with Crippen LogP contribution in [0.4, 0.5) is 0 Å². The van der Waals surface area contributed by atoms with E-state index in [1.165, 1.54) is 27.7 Å². The van der Waals surface area contributed by atoms with Crippen molar-refractivity contribution in [1.29, 1.82) is 0 Å². The van der Waals surface area contributed by atoms with Crippen molar-refractivity contribution >= 4 is 23.9 Å². The molecule has 8 atom stereocenters. The number of hydrogen-bond donors (Lipinski definition) is 1. The summed E-state index contributed by atoms with van der Waals surface area (Å²) in [5, 5.41) is 12.5. The number of esters is 4. The standard InChI is InChI=1S/C28H40O10/c1-14-19(35-15(2)29)11-27(33)12-20-26(8,10-9-21(36-16(3)30)28(20)13-34-28)24(38-18(5)32)23(37-17(4)31)22(14)25(27,6)7/h19-21,23-24,33H,9-13H2,1-8H3/t19-,20-,21-,23+,24-,26+,27+,28+/m0/s1. The number of rotatable bonds is 4. The van der Waals surface area contributed by atoms with E-state index in [1.807, 2.05) is 20.8 Å². The van der Waals surface area contributed by atoms with Crippen molar-refractivity contribution in [3.05, 3.63) is 11.1 Å². The van der Waals surface area contributed by atoms with Crippen LogP contribution < -0.4 is 0 Å². The van der Waals surface area contributed by atoms with E-state index in [4.69, 9.17) is 23.7 Å². The van der Waals surface area contributed by atoms with Gasteiger partial charge < -0.3 is 28.8 Å². The van der Waals surface area contributed by atoms with Crippen LogP contribution in [0.3, 0.4) is 0 Å². The molecule has 212 valence electrons. The summed E-state index contributed by atoms with van der Waals surface area (Å²) in [5.74, 6) is -2.50. The van der Waals surface area contributed by atoms with Crippen LogP contribution in [-0.4, -0.2) is 71.2 Å². The molecular weight excluding hydrogens is 496 g/mol. The van der Waals surface area contributed by atoms with Crippen molar-refractivity contribution in [2.75, 3.05) is 6.61 Å². The number of fused-ring (bicyclic) bond motifs is 4. The van der Waals surface area contributed by atoms with Gasteiger partial charge in [0, 0.05) is 50.9 Å². The van der Waals surface area contributed by atoms with Gasteiger partial charge in [0.15, 0.2) is 6.10 Å². The fourth-order valence-electron chi connectivity index (χ4n) is 7.61. The summed E-state index contributed by atoms with van der Waals surface area (Å²) in [6, 6.07) is 0. The van der Waals surface area contributed by atoms with Crippen molar-refractivity contribution < 1.29 is 48.0 Å². The predicted octanol–water partition coefficient (Wildman–Crippen LogP) is 2.78. The molecule has 10 nitrogen and oxygen atoms in total. The van der Waals surface area contributed by atoms with Crippen LogP contribution in [0, 0.1) is 16.7 Å². The number of carbonyl (C=O) groups is 4. The van der Waals surface area contributed by atoms with E-state index in [-0.39, 0.29) is 12.8 Å². The van der Waals surface area contributed by atoms with Crippen LogP contribution >= 0.6 is 0 Å². The molecule has 1 aliphatic heterocycles. The van der Waals surface area contributed by atoms with Gasteiger partial charge in [-0.3, -0.25) is 19.2 Å². The van der Waals surface area contributed by atoms with Gasteiger partial charge in [0.1, 0.15) is 23.9 Å². The number of carbonyl (C=O) groups excluding carboxylic acids is 4. The lowest BCUT2D eigenvalue weighted by Gasteiger charge is -2.61. The fourth-order valence-corrected chi connectivity index (χ4v) is 7.61. The summed E-state index contributed by atoms with van der Waals surface area (Å²) in [6.45, 7) is 13.1. The highest BCUT2D eigenvalue weighted by Gasteiger charge is 2.73. The van der Waals surface area contributed by atoms with E-state index < -0.39 is 76.2 Å². The second-order valence-corrected chi connectivity index (χ2v) is 12.3. The average molecular weight is 537 g/mol. The van der Waals surface area contributed by atoms with Gasteiger partial charge in [-0.05, 0) is 37.3 Å². The van der Waals surface area contributed by atoms with Crippen molar-refractivity contribution in [3.8, 4) is 0 Å². The first kappa shape index (κ1) is 28.5. The molecule has 1 N–H and O–H groups in total. The van der Waals surface area contributed by atoms with Gasteiger partial charge in [-0.25, -0.2) is 0 Å². The number of hydrogen-bond acceptors (Lipinski definition) is 10. The Hall–Kier alpha value is -2.46. The molecule has 1 spiro atoms. The van der Waals surface area contributed by atoms with Crippen molar-refractivity contribution in [1.82, 2.24) is 0 Å². The predicted molar refractivity (Wildman–Crippen MR) is 132 cm³/mol. The van der Waals surface area contributed by atoms with Crippen LogP contribution in [0.5, 0.6) is 0 Å². The van der Waals surface area contributed by atoms with Crippen LogP contribution in [0.1, 0.15) is 81.1 Å². The van der Waals surface area contributed by atoms with Crippen LogP contribution in [0.25, 0.3) is 0 Å². The molecule has 0 aromatic carbocycles. The first-order valence-corrected chi connectivity index (χ1v) is 13.2. The summed E-state index contributed by atoms with van der Waals surface area (Å²) in [7, 11) is 0. The normalized spacial score (nSPS) is 41.2. The third kappa shape index (κ3) is 4.43. The molecule has 0 aromatic rings. The molecule has 38 heavy (non-hydrogen) atoms. The Morgan fingerprint density at radius 1 is 0.868 bits per heavy atom. The van der Waals surface area contributed by atoms with E-state index in [0.717, 1.165) is 0 Å². The average Bonchev–Trinajstić information content (AvgIpc) is 3.55. The molecule has 3 aliphatic carbocycles. The Kier molecular flexibility index (Phi) is 7.01. The van der Waals surface area contributed by atoms with Crippen molar-refractivity contribution in [3.63, 3.8) is 0 Å². The Morgan fingerprint density at radius 3 is 1.92 bits per heavy atom. The lowest BCUT2D eigenvalue weighted by molar-refractivity contribution is -0.221. The van der Waals surface area contributed by atoms with Gasteiger partial charge in [-0.15, -0.1) is 0 Å². The van der Waals surface area contributed by atoms with Gasteiger partial charge in [-0.1, -0.05) is 20.8 Å². The molecule has 1 heterocycles. The smallest absolute Gasteiger partial charge is 0.303 e. The lowest BCUT2D eigenvalue weighted by Crippen LogP contribution is -2.67. The molecule has 2 saturated carbocycles. The molecule has 0 radical (unpaired) electrons. The summed E-state index contributed by atoms with van der Waals surface area (Å²) >= 11 is 0. The minimum Gasteiger partial charge on any atom is -0.459 e. The molecule has 0 amide bonds. The van der Waals surface area contributed by atoms with Gasteiger partial charge in [-0.2, -0.15) is 0 Å². The van der Waals surface area contributed by atoms with Crippen LogP contribution in [0.15, 0.2) is 11.1 Å². The van der Waals surface area contributed by atoms with E-state index >= 15 is 0 Å². The number of aliphatic hydroxyl groups is 1. The first-order valence-electron chi connectivity index (χ1n) is 13.2. The van der Waals surface area contributed by atoms with Gasteiger partial charge in [0.2, 0.25) is 0 Å². The highest BCUT2D eigenvalue weighted by atomic mass is 16.6.